The van der Waals surface area contributed by atoms with Gasteiger partial charge < -0.3 is 14.7 Å². The Balaban J connectivity index is 1.87. The number of para-hydroxylation sites is 1. The number of carboxylic acids is 1. The molecule has 1 N–H and O–H groups in total. The van der Waals surface area contributed by atoms with Gasteiger partial charge in [0.05, 0.1) is 0 Å². The Morgan fingerprint density at radius 1 is 1.22 bits per heavy atom. The van der Waals surface area contributed by atoms with E-state index < -0.39 is 18.2 Å². The van der Waals surface area contributed by atoms with Gasteiger partial charge in [0.15, 0.2) is 6.10 Å². The van der Waals surface area contributed by atoms with Gasteiger partial charge in [0.1, 0.15) is 6.10 Å². The summed E-state index contributed by atoms with van der Waals surface area (Å²) in [4.78, 5) is 25.7. The number of amides is 1. The standard InChI is InChI=1S/C18H23NO4/c1-3-18(4-2)11-19(13-8-6-5-7-12(13)18)16(20)14-9-10-15(23-14)17(21)22/h5-8,14-15H,3-4,9-11H2,1-2H3,(H,21,22)/t14-,15+/m0/s1. The van der Waals surface area contributed by atoms with Gasteiger partial charge in [0.2, 0.25) is 0 Å². The molecule has 0 unspecified atom stereocenters. The Morgan fingerprint density at radius 3 is 2.48 bits per heavy atom. The van der Waals surface area contributed by atoms with Crippen molar-refractivity contribution in [2.45, 2.75) is 57.2 Å². The maximum Gasteiger partial charge on any atom is 0.332 e. The molecule has 0 aliphatic carbocycles. The van der Waals surface area contributed by atoms with Crippen molar-refractivity contribution in [2.24, 2.45) is 0 Å². The molecule has 2 heterocycles. The molecule has 3 rings (SSSR count). The second-order valence-electron chi connectivity index (χ2n) is 6.46. The van der Waals surface area contributed by atoms with Crippen LogP contribution in [0.15, 0.2) is 24.3 Å². The molecule has 5 nitrogen and oxygen atoms in total. The van der Waals surface area contributed by atoms with E-state index in [-0.39, 0.29) is 11.3 Å². The maximum atomic E-state index is 12.9. The zero-order valence-corrected chi connectivity index (χ0v) is 13.6. The molecule has 1 aromatic rings. The fourth-order valence-corrected chi connectivity index (χ4v) is 3.86. The molecule has 23 heavy (non-hydrogen) atoms. The van der Waals surface area contributed by atoms with Crippen molar-refractivity contribution in [3.63, 3.8) is 0 Å². The molecule has 5 heteroatoms. The number of ether oxygens (including phenoxy) is 1. The average molecular weight is 317 g/mol. The second-order valence-corrected chi connectivity index (χ2v) is 6.46. The van der Waals surface area contributed by atoms with E-state index in [1.165, 1.54) is 5.56 Å². The predicted molar refractivity (Wildman–Crippen MR) is 86.6 cm³/mol. The average Bonchev–Trinajstić information content (AvgIpc) is 3.18. The zero-order chi connectivity index (χ0) is 16.6. The van der Waals surface area contributed by atoms with Gasteiger partial charge in [0.25, 0.3) is 5.91 Å². The highest BCUT2D eigenvalue weighted by atomic mass is 16.5. The number of anilines is 1. The molecular weight excluding hydrogens is 294 g/mol. The van der Waals surface area contributed by atoms with Gasteiger partial charge in [0, 0.05) is 17.6 Å². The van der Waals surface area contributed by atoms with E-state index >= 15 is 0 Å². The predicted octanol–water partition coefficient (Wildman–Crippen LogP) is 2.72. The van der Waals surface area contributed by atoms with Gasteiger partial charge in [-0.15, -0.1) is 0 Å². The van der Waals surface area contributed by atoms with Crippen LogP contribution in [0.5, 0.6) is 0 Å². The van der Waals surface area contributed by atoms with Crippen molar-refractivity contribution in [1.82, 2.24) is 0 Å². The molecule has 2 atom stereocenters. The van der Waals surface area contributed by atoms with E-state index in [4.69, 9.17) is 9.84 Å². The molecule has 0 spiro atoms. The molecule has 2 aliphatic rings. The highest BCUT2D eigenvalue weighted by Gasteiger charge is 2.45. The van der Waals surface area contributed by atoms with Gasteiger partial charge in [-0.25, -0.2) is 4.79 Å². The number of fused-ring (bicyclic) bond motifs is 1. The lowest BCUT2D eigenvalue weighted by Crippen LogP contribution is -2.42. The smallest absolute Gasteiger partial charge is 0.332 e. The first-order valence-electron chi connectivity index (χ1n) is 8.31. The van der Waals surface area contributed by atoms with Crippen LogP contribution in [0.2, 0.25) is 0 Å². The van der Waals surface area contributed by atoms with Crippen molar-refractivity contribution < 1.29 is 19.4 Å². The summed E-state index contributed by atoms with van der Waals surface area (Å²) in [6.07, 6.45) is 1.30. The first kappa shape index (κ1) is 16.0. The fraction of sp³-hybridized carbons (Fsp3) is 0.556. The van der Waals surface area contributed by atoms with Crippen LogP contribution in [0.1, 0.15) is 45.1 Å². The molecule has 0 bridgehead atoms. The minimum absolute atomic E-state index is 0.0168. The largest absolute Gasteiger partial charge is 0.479 e. The van der Waals surface area contributed by atoms with Crippen LogP contribution < -0.4 is 4.90 Å². The number of rotatable bonds is 4. The Morgan fingerprint density at radius 2 is 1.87 bits per heavy atom. The molecular formula is C18H23NO4. The van der Waals surface area contributed by atoms with Crippen molar-refractivity contribution in [3.05, 3.63) is 29.8 Å². The van der Waals surface area contributed by atoms with Gasteiger partial charge in [-0.3, -0.25) is 4.79 Å². The molecule has 1 amide bonds. The molecule has 124 valence electrons. The Hall–Kier alpha value is -1.88. The summed E-state index contributed by atoms with van der Waals surface area (Å²) in [7, 11) is 0. The maximum absolute atomic E-state index is 12.9. The summed E-state index contributed by atoms with van der Waals surface area (Å²) in [6.45, 7) is 4.96. The normalized spacial score (nSPS) is 25.4. The number of carbonyl (C=O) groups excluding carboxylic acids is 1. The van der Waals surface area contributed by atoms with E-state index in [9.17, 15) is 9.59 Å². The molecule has 1 fully saturated rings. The summed E-state index contributed by atoms with van der Waals surface area (Å²) in [6, 6.07) is 8.03. The Kier molecular flexibility index (Phi) is 4.15. The van der Waals surface area contributed by atoms with Gasteiger partial charge in [-0.1, -0.05) is 32.0 Å². The number of carboxylic acid groups (broad SMARTS) is 1. The van der Waals surface area contributed by atoms with Crippen molar-refractivity contribution in [3.8, 4) is 0 Å². The second kappa shape index (κ2) is 5.96. The highest BCUT2D eigenvalue weighted by Crippen LogP contribution is 2.45. The van der Waals surface area contributed by atoms with Gasteiger partial charge in [-0.05, 0) is 37.3 Å². The van der Waals surface area contributed by atoms with Crippen molar-refractivity contribution in [2.75, 3.05) is 11.4 Å². The summed E-state index contributed by atoms with van der Waals surface area (Å²) >= 11 is 0. The lowest BCUT2D eigenvalue weighted by atomic mass is 9.78. The van der Waals surface area contributed by atoms with E-state index in [0.717, 1.165) is 18.5 Å². The first-order chi connectivity index (χ1) is 11.0. The summed E-state index contributed by atoms with van der Waals surface area (Å²) in [5, 5.41) is 9.05. The SMILES string of the molecule is CCC1(CC)CN(C(=O)[C@@H]2CC[C@H](C(=O)O)O2)c2ccccc21. The number of benzene rings is 1. The Bertz CT molecular complexity index is 623. The van der Waals surface area contributed by atoms with Crippen molar-refractivity contribution >= 4 is 17.6 Å². The van der Waals surface area contributed by atoms with E-state index in [2.05, 4.69) is 19.9 Å². The minimum Gasteiger partial charge on any atom is -0.479 e. The molecule has 0 radical (unpaired) electrons. The topological polar surface area (TPSA) is 66.8 Å². The summed E-state index contributed by atoms with van der Waals surface area (Å²) in [5.74, 6) is -1.09. The van der Waals surface area contributed by atoms with Crippen LogP contribution in [-0.4, -0.2) is 35.7 Å². The third-order valence-corrected chi connectivity index (χ3v) is 5.42. The van der Waals surface area contributed by atoms with Crippen molar-refractivity contribution in [1.29, 1.82) is 0 Å². The molecule has 0 aromatic heterocycles. The number of hydrogen-bond donors (Lipinski definition) is 1. The lowest BCUT2D eigenvalue weighted by molar-refractivity contribution is -0.151. The van der Waals surface area contributed by atoms with Gasteiger partial charge >= 0.3 is 5.97 Å². The lowest BCUT2D eigenvalue weighted by Gasteiger charge is -2.28. The van der Waals surface area contributed by atoms with Crippen LogP contribution in [0.3, 0.4) is 0 Å². The fourth-order valence-electron chi connectivity index (χ4n) is 3.86. The highest BCUT2D eigenvalue weighted by molar-refractivity contribution is 5.99. The van der Waals surface area contributed by atoms with E-state index in [1.807, 2.05) is 18.2 Å². The van der Waals surface area contributed by atoms with E-state index in [1.54, 1.807) is 4.90 Å². The van der Waals surface area contributed by atoms with Crippen LogP contribution in [-0.2, 0) is 19.7 Å². The zero-order valence-electron chi connectivity index (χ0n) is 13.6. The number of aliphatic carboxylic acids is 1. The first-order valence-corrected chi connectivity index (χ1v) is 8.31. The summed E-state index contributed by atoms with van der Waals surface area (Å²) < 4.78 is 5.46. The van der Waals surface area contributed by atoms with Crippen LogP contribution in [0.4, 0.5) is 5.69 Å². The summed E-state index contributed by atoms with van der Waals surface area (Å²) in [5.41, 5.74) is 2.14. The molecule has 0 saturated carbocycles. The quantitative estimate of drug-likeness (QED) is 0.927. The van der Waals surface area contributed by atoms with Crippen LogP contribution in [0, 0.1) is 0 Å². The number of hydrogen-bond acceptors (Lipinski definition) is 3. The minimum atomic E-state index is -0.987. The third kappa shape index (κ3) is 2.53. The number of carbonyl (C=O) groups is 2. The monoisotopic (exact) mass is 317 g/mol. The van der Waals surface area contributed by atoms with Crippen LogP contribution >= 0.6 is 0 Å². The van der Waals surface area contributed by atoms with E-state index in [0.29, 0.717) is 19.4 Å². The Labute approximate surface area is 136 Å². The third-order valence-electron chi connectivity index (χ3n) is 5.42. The molecule has 1 aromatic carbocycles. The van der Waals surface area contributed by atoms with Crippen LogP contribution in [0.25, 0.3) is 0 Å². The molecule has 1 saturated heterocycles. The van der Waals surface area contributed by atoms with Gasteiger partial charge in [-0.2, -0.15) is 0 Å². The number of nitrogens with zero attached hydrogens (tertiary/aromatic N) is 1. The molecule has 2 aliphatic heterocycles.